The second-order valence-electron chi connectivity index (χ2n) is 8.47. The monoisotopic (exact) mass is 392 g/mol. The van der Waals surface area contributed by atoms with Gasteiger partial charge in [0.05, 0.1) is 24.3 Å². The van der Waals surface area contributed by atoms with Crippen molar-refractivity contribution in [1.29, 1.82) is 0 Å². The van der Waals surface area contributed by atoms with E-state index in [0.29, 0.717) is 17.8 Å². The summed E-state index contributed by atoms with van der Waals surface area (Å²) < 4.78 is 10.1. The maximum atomic E-state index is 10.7. The van der Waals surface area contributed by atoms with Crippen molar-refractivity contribution in [2.75, 3.05) is 6.54 Å². The first-order valence-corrected chi connectivity index (χ1v) is 9.87. The molecule has 1 aliphatic carbocycles. The number of aromatic nitrogens is 5. The van der Waals surface area contributed by atoms with E-state index in [9.17, 15) is 4.79 Å². The first-order chi connectivity index (χ1) is 14.0. The van der Waals surface area contributed by atoms with Crippen LogP contribution in [0.5, 0.6) is 5.88 Å². The Kier molecular flexibility index (Phi) is 3.97. The van der Waals surface area contributed by atoms with Crippen molar-refractivity contribution in [3.8, 4) is 17.1 Å². The van der Waals surface area contributed by atoms with Gasteiger partial charge in [0.25, 0.3) is 0 Å². The molecule has 1 aliphatic heterocycles. The van der Waals surface area contributed by atoms with Crippen LogP contribution in [0.2, 0.25) is 0 Å². The molecule has 3 aromatic rings. The molecule has 0 N–H and O–H groups in total. The summed E-state index contributed by atoms with van der Waals surface area (Å²) >= 11 is 0. The van der Waals surface area contributed by atoms with Crippen molar-refractivity contribution in [2.24, 2.45) is 18.4 Å². The molecular weight excluding hydrogens is 368 g/mol. The number of hydrogen-bond acceptors (Lipinski definition) is 6. The molecule has 2 fully saturated rings. The van der Waals surface area contributed by atoms with E-state index in [0.717, 1.165) is 36.0 Å². The number of fused-ring (bicyclic) bond motifs is 2. The van der Waals surface area contributed by atoms with E-state index < -0.39 is 0 Å². The largest absolute Gasteiger partial charge is 0.472 e. The van der Waals surface area contributed by atoms with Gasteiger partial charge >= 0.3 is 0 Å². The standard InChI is InChI=1S/C21H24N6O2/c1-21(2)18-15(6-9-26(18)8-4-10-28)19(21)29-20-17-5-7-22-27(17)13-16(24-20)14-11-23-25(3)12-14/h4-5,7-8,10-13,15,18-19H,6,9H2,1-3H3/b8-4+. The average molecular weight is 392 g/mol. The normalized spacial score (nSPS) is 25.3. The number of likely N-dealkylation sites (tertiary alicyclic amines) is 1. The highest BCUT2D eigenvalue weighted by molar-refractivity contribution is 5.64. The van der Waals surface area contributed by atoms with Gasteiger partial charge in [0.1, 0.15) is 17.9 Å². The van der Waals surface area contributed by atoms with E-state index in [1.807, 2.05) is 36.2 Å². The summed E-state index contributed by atoms with van der Waals surface area (Å²) in [6, 6.07) is 2.29. The van der Waals surface area contributed by atoms with Gasteiger partial charge in [-0.15, -0.1) is 0 Å². The number of aryl methyl sites for hydroxylation is 1. The van der Waals surface area contributed by atoms with Crippen LogP contribution < -0.4 is 4.74 Å². The lowest BCUT2D eigenvalue weighted by atomic mass is 9.57. The van der Waals surface area contributed by atoms with Crippen LogP contribution in [0.25, 0.3) is 16.8 Å². The molecule has 150 valence electrons. The van der Waals surface area contributed by atoms with Crippen LogP contribution in [-0.2, 0) is 11.8 Å². The van der Waals surface area contributed by atoms with Crippen molar-refractivity contribution in [3.63, 3.8) is 0 Å². The number of nitrogens with zero attached hydrogens (tertiary/aromatic N) is 6. The molecule has 0 amide bonds. The van der Waals surface area contributed by atoms with E-state index >= 15 is 0 Å². The zero-order chi connectivity index (χ0) is 20.2. The van der Waals surface area contributed by atoms with Gasteiger partial charge in [-0.2, -0.15) is 10.2 Å². The Morgan fingerprint density at radius 1 is 1.28 bits per heavy atom. The van der Waals surface area contributed by atoms with Crippen LogP contribution in [0.1, 0.15) is 20.3 Å². The number of aldehydes is 1. The molecule has 5 rings (SSSR count). The Balaban J connectivity index is 1.47. The molecule has 3 aromatic heterocycles. The Hall–Kier alpha value is -3.16. The van der Waals surface area contributed by atoms with Gasteiger partial charge < -0.3 is 9.64 Å². The number of ether oxygens (including phenoxy) is 1. The molecule has 2 aliphatic rings. The molecule has 1 saturated carbocycles. The fourth-order valence-electron chi connectivity index (χ4n) is 5.09. The highest BCUT2D eigenvalue weighted by atomic mass is 16.5. The number of carbonyl (C=O) groups is 1. The average Bonchev–Trinajstić information content (AvgIpc) is 3.42. The van der Waals surface area contributed by atoms with Crippen LogP contribution in [0.4, 0.5) is 0 Å². The van der Waals surface area contributed by atoms with Crippen LogP contribution in [0.3, 0.4) is 0 Å². The molecule has 0 spiro atoms. The van der Waals surface area contributed by atoms with Gasteiger partial charge in [-0.05, 0) is 18.6 Å². The predicted octanol–water partition coefficient (Wildman–Crippen LogP) is 2.32. The number of carbonyl (C=O) groups excluding carboxylic acids is 1. The fraction of sp³-hybridized carbons (Fsp3) is 0.429. The molecule has 0 aromatic carbocycles. The van der Waals surface area contributed by atoms with Gasteiger partial charge in [-0.3, -0.25) is 9.48 Å². The molecule has 3 unspecified atom stereocenters. The summed E-state index contributed by atoms with van der Waals surface area (Å²) in [4.78, 5) is 17.8. The molecule has 1 saturated heterocycles. The molecule has 0 bridgehead atoms. The highest BCUT2D eigenvalue weighted by Crippen LogP contribution is 2.55. The van der Waals surface area contributed by atoms with E-state index in [1.54, 1.807) is 23.2 Å². The molecule has 4 heterocycles. The smallest absolute Gasteiger partial charge is 0.241 e. The van der Waals surface area contributed by atoms with Crippen LogP contribution >= 0.6 is 0 Å². The molecule has 29 heavy (non-hydrogen) atoms. The summed E-state index contributed by atoms with van der Waals surface area (Å²) in [6.07, 6.45) is 12.8. The topological polar surface area (TPSA) is 77.5 Å². The van der Waals surface area contributed by atoms with Crippen molar-refractivity contribution in [1.82, 2.24) is 29.3 Å². The number of hydrogen-bond donors (Lipinski definition) is 0. The lowest BCUT2D eigenvalue weighted by Gasteiger charge is -2.56. The molecule has 8 heteroatoms. The Bertz CT molecular complexity index is 1100. The van der Waals surface area contributed by atoms with E-state index in [-0.39, 0.29) is 11.5 Å². The first kappa shape index (κ1) is 17.9. The second kappa shape index (κ2) is 6.43. The van der Waals surface area contributed by atoms with Crippen molar-refractivity contribution >= 4 is 11.8 Å². The van der Waals surface area contributed by atoms with E-state index in [4.69, 9.17) is 9.72 Å². The van der Waals surface area contributed by atoms with Gasteiger partial charge in [0, 0.05) is 48.9 Å². The van der Waals surface area contributed by atoms with E-state index in [1.165, 1.54) is 0 Å². The summed E-state index contributed by atoms with van der Waals surface area (Å²) in [5.41, 5.74) is 2.50. The maximum absolute atomic E-state index is 10.7. The Morgan fingerprint density at radius 2 is 2.14 bits per heavy atom. The quantitative estimate of drug-likeness (QED) is 0.490. The second-order valence-corrected chi connectivity index (χ2v) is 8.47. The van der Waals surface area contributed by atoms with Crippen LogP contribution in [0.15, 0.2) is 43.1 Å². The maximum Gasteiger partial charge on any atom is 0.241 e. The third-order valence-electron chi connectivity index (χ3n) is 6.32. The third kappa shape index (κ3) is 2.73. The third-order valence-corrected chi connectivity index (χ3v) is 6.32. The lowest BCUT2D eigenvalue weighted by molar-refractivity contribution is -0.121. The zero-order valence-corrected chi connectivity index (χ0v) is 16.8. The molecule has 0 radical (unpaired) electrons. The SMILES string of the molecule is Cn1cc(-c2cn3nccc3c(OC3C4CCN(/C=C/C=O)C4C3(C)C)n2)cn1. The minimum atomic E-state index is -0.0581. The molecule has 3 atom stereocenters. The first-order valence-electron chi connectivity index (χ1n) is 9.87. The lowest BCUT2D eigenvalue weighted by Crippen LogP contribution is -2.65. The van der Waals surface area contributed by atoms with Gasteiger partial charge in [-0.1, -0.05) is 13.8 Å². The van der Waals surface area contributed by atoms with Crippen molar-refractivity contribution in [3.05, 3.63) is 43.1 Å². The summed E-state index contributed by atoms with van der Waals surface area (Å²) in [6.45, 7) is 5.39. The summed E-state index contributed by atoms with van der Waals surface area (Å²) in [5.74, 6) is 1.01. The van der Waals surface area contributed by atoms with Crippen LogP contribution in [-0.4, -0.2) is 54.3 Å². The summed E-state index contributed by atoms with van der Waals surface area (Å²) in [7, 11) is 1.88. The highest BCUT2D eigenvalue weighted by Gasteiger charge is 2.62. The Morgan fingerprint density at radius 3 is 2.90 bits per heavy atom. The summed E-state index contributed by atoms with van der Waals surface area (Å²) in [5, 5.41) is 8.64. The number of rotatable bonds is 5. The zero-order valence-electron chi connectivity index (χ0n) is 16.8. The van der Waals surface area contributed by atoms with Gasteiger partial charge in [-0.25, -0.2) is 9.50 Å². The van der Waals surface area contributed by atoms with Crippen molar-refractivity contribution in [2.45, 2.75) is 32.4 Å². The molecule has 8 nitrogen and oxygen atoms in total. The Labute approximate surface area is 168 Å². The fourth-order valence-corrected chi connectivity index (χ4v) is 5.09. The van der Waals surface area contributed by atoms with Crippen molar-refractivity contribution < 1.29 is 9.53 Å². The van der Waals surface area contributed by atoms with E-state index in [2.05, 4.69) is 28.9 Å². The minimum Gasteiger partial charge on any atom is -0.472 e. The minimum absolute atomic E-state index is 0.0532. The predicted molar refractivity (Wildman–Crippen MR) is 107 cm³/mol. The van der Waals surface area contributed by atoms with Crippen LogP contribution in [0, 0.1) is 11.3 Å². The number of allylic oxidation sites excluding steroid dienone is 1. The molecular formula is C21H24N6O2. The van der Waals surface area contributed by atoms with Gasteiger partial charge in [0.15, 0.2) is 0 Å². The van der Waals surface area contributed by atoms with Gasteiger partial charge in [0.2, 0.25) is 5.88 Å².